The summed E-state index contributed by atoms with van der Waals surface area (Å²) in [4.78, 5) is 4.23. The molecule has 0 fully saturated rings. The minimum atomic E-state index is 0.448. The van der Waals surface area contributed by atoms with Gasteiger partial charge in [-0.15, -0.1) is 0 Å². The molecular formula is C16H24N4O. The Hall–Kier alpha value is -1.88. The maximum Gasteiger partial charge on any atom is 0.164 e. The molecule has 2 aromatic rings. The molecule has 0 radical (unpaired) electrons. The van der Waals surface area contributed by atoms with Crippen LogP contribution in [0.5, 0.6) is 5.75 Å². The second-order valence-corrected chi connectivity index (χ2v) is 5.37. The van der Waals surface area contributed by atoms with Crippen molar-refractivity contribution in [1.29, 1.82) is 0 Å². The van der Waals surface area contributed by atoms with Crippen molar-refractivity contribution < 1.29 is 4.74 Å². The minimum absolute atomic E-state index is 0.448. The molecule has 0 aliphatic rings. The summed E-state index contributed by atoms with van der Waals surface area (Å²) in [5, 5.41) is 7.59. The predicted octanol–water partition coefficient (Wildman–Crippen LogP) is 2.77. The number of aryl methyl sites for hydroxylation is 1. The lowest BCUT2D eigenvalue weighted by atomic mass is 10.2. The van der Waals surface area contributed by atoms with Crippen molar-refractivity contribution in [2.45, 2.75) is 52.9 Å². The van der Waals surface area contributed by atoms with Crippen molar-refractivity contribution in [3.63, 3.8) is 0 Å². The molecule has 0 unspecified atom stereocenters. The Kier molecular flexibility index (Phi) is 5.75. The quantitative estimate of drug-likeness (QED) is 0.811. The first-order valence-corrected chi connectivity index (χ1v) is 7.51. The van der Waals surface area contributed by atoms with E-state index >= 15 is 0 Å². The third-order valence-corrected chi connectivity index (χ3v) is 3.14. The number of nitrogens with one attached hydrogen (secondary N) is 1. The summed E-state index contributed by atoms with van der Waals surface area (Å²) in [6.07, 6.45) is 2.61. The highest BCUT2D eigenvalue weighted by atomic mass is 16.5. The van der Waals surface area contributed by atoms with E-state index in [0.29, 0.717) is 12.6 Å². The van der Waals surface area contributed by atoms with Gasteiger partial charge in [0, 0.05) is 19.1 Å². The first kappa shape index (κ1) is 15.5. The number of nitrogens with zero attached hydrogens (tertiary/aromatic N) is 3. The molecule has 1 heterocycles. The van der Waals surface area contributed by atoms with Gasteiger partial charge >= 0.3 is 0 Å². The predicted molar refractivity (Wildman–Crippen MR) is 83.1 cm³/mol. The van der Waals surface area contributed by atoms with E-state index < -0.39 is 0 Å². The van der Waals surface area contributed by atoms with Crippen LogP contribution in [0.1, 0.15) is 38.6 Å². The van der Waals surface area contributed by atoms with E-state index in [2.05, 4.69) is 48.3 Å². The van der Waals surface area contributed by atoms with E-state index in [1.165, 1.54) is 5.56 Å². The van der Waals surface area contributed by atoms with E-state index in [9.17, 15) is 0 Å². The van der Waals surface area contributed by atoms with Gasteiger partial charge in [-0.05, 0) is 24.1 Å². The molecule has 0 saturated heterocycles. The molecule has 0 spiro atoms. The summed E-state index contributed by atoms with van der Waals surface area (Å²) >= 11 is 0. The van der Waals surface area contributed by atoms with Crippen LogP contribution in [0.2, 0.25) is 0 Å². The lowest BCUT2D eigenvalue weighted by Gasteiger charge is -2.10. The molecule has 0 aliphatic carbocycles. The molecule has 0 atom stereocenters. The third-order valence-electron chi connectivity index (χ3n) is 3.14. The summed E-state index contributed by atoms with van der Waals surface area (Å²) in [7, 11) is 0. The molecule has 1 aromatic carbocycles. The summed E-state index contributed by atoms with van der Waals surface area (Å²) < 4.78 is 7.66. The molecule has 1 N–H and O–H groups in total. The fraction of sp³-hybridized carbons (Fsp3) is 0.500. The van der Waals surface area contributed by atoms with Crippen LogP contribution < -0.4 is 10.1 Å². The van der Waals surface area contributed by atoms with Crippen molar-refractivity contribution in [3.8, 4) is 5.75 Å². The van der Waals surface area contributed by atoms with Crippen LogP contribution in [0.25, 0.3) is 0 Å². The Labute approximate surface area is 126 Å². The standard InChI is InChI=1S/C16H24N4O/c1-4-9-20-16(18-12-19-20)11-21-15-7-5-14(6-8-15)10-17-13(2)3/h5-8,12-13,17H,4,9-11H2,1-3H3. The average molecular weight is 288 g/mol. The number of ether oxygens (including phenoxy) is 1. The highest BCUT2D eigenvalue weighted by Gasteiger charge is 2.04. The fourth-order valence-corrected chi connectivity index (χ4v) is 1.97. The molecule has 5 nitrogen and oxygen atoms in total. The SMILES string of the molecule is CCCn1ncnc1COc1ccc(CNC(C)C)cc1. The Bertz CT molecular complexity index is 533. The van der Waals surface area contributed by atoms with Crippen LogP contribution >= 0.6 is 0 Å². The Balaban J connectivity index is 1.87. The smallest absolute Gasteiger partial charge is 0.164 e. The number of rotatable bonds is 8. The topological polar surface area (TPSA) is 52.0 Å². The van der Waals surface area contributed by atoms with Gasteiger partial charge in [0.25, 0.3) is 0 Å². The molecule has 1 aromatic heterocycles. The zero-order valence-electron chi connectivity index (χ0n) is 13.0. The Morgan fingerprint density at radius 1 is 1.24 bits per heavy atom. The lowest BCUT2D eigenvalue weighted by molar-refractivity contribution is 0.286. The second kappa shape index (κ2) is 7.78. The van der Waals surface area contributed by atoms with E-state index in [0.717, 1.165) is 31.1 Å². The molecule has 21 heavy (non-hydrogen) atoms. The molecule has 2 rings (SSSR count). The van der Waals surface area contributed by atoms with Gasteiger partial charge in [-0.2, -0.15) is 5.10 Å². The largest absolute Gasteiger partial charge is 0.486 e. The van der Waals surface area contributed by atoms with E-state index in [1.54, 1.807) is 6.33 Å². The molecular weight excluding hydrogens is 264 g/mol. The van der Waals surface area contributed by atoms with Crippen LogP contribution in [-0.2, 0) is 19.7 Å². The molecule has 5 heteroatoms. The minimum Gasteiger partial charge on any atom is -0.486 e. The van der Waals surface area contributed by atoms with Gasteiger partial charge in [0.2, 0.25) is 0 Å². The highest BCUT2D eigenvalue weighted by molar-refractivity contribution is 5.27. The van der Waals surface area contributed by atoms with Crippen LogP contribution in [0.3, 0.4) is 0 Å². The number of benzene rings is 1. The summed E-state index contributed by atoms with van der Waals surface area (Å²) in [5.74, 6) is 1.72. The van der Waals surface area contributed by atoms with Crippen molar-refractivity contribution in [2.24, 2.45) is 0 Å². The first-order valence-electron chi connectivity index (χ1n) is 7.51. The van der Waals surface area contributed by atoms with E-state index in [4.69, 9.17) is 4.74 Å². The first-order chi connectivity index (χ1) is 10.2. The van der Waals surface area contributed by atoms with Gasteiger partial charge in [-0.25, -0.2) is 9.67 Å². The zero-order valence-corrected chi connectivity index (χ0v) is 13.0. The monoisotopic (exact) mass is 288 g/mol. The third kappa shape index (κ3) is 4.86. The number of hydrogen-bond acceptors (Lipinski definition) is 4. The second-order valence-electron chi connectivity index (χ2n) is 5.37. The zero-order chi connectivity index (χ0) is 15.1. The van der Waals surface area contributed by atoms with Crippen molar-refractivity contribution in [1.82, 2.24) is 20.1 Å². The van der Waals surface area contributed by atoms with Crippen LogP contribution in [0, 0.1) is 0 Å². The normalized spacial score (nSPS) is 11.0. The number of aromatic nitrogens is 3. The molecule has 0 amide bonds. The van der Waals surface area contributed by atoms with Crippen molar-refractivity contribution >= 4 is 0 Å². The lowest BCUT2D eigenvalue weighted by Crippen LogP contribution is -2.21. The van der Waals surface area contributed by atoms with Gasteiger partial charge in [-0.3, -0.25) is 0 Å². The van der Waals surface area contributed by atoms with E-state index in [1.807, 2.05) is 16.8 Å². The summed E-state index contributed by atoms with van der Waals surface area (Å²) in [5.41, 5.74) is 1.25. The molecule has 0 bridgehead atoms. The van der Waals surface area contributed by atoms with Crippen LogP contribution in [-0.4, -0.2) is 20.8 Å². The maximum atomic E-state index is 5.77. The fourth-order valence-electron chi connectivity index (χ4n) is 1.97. The van der Waals surface area contributed by atoms with Gasteiger partial charge in [-0.1, -0.05) is 32.9 Å². The number of hydrogen-bond donors (Lipinski definition) is 1. The Morgan fingerprint density at radius 3 is 2.67 bits per heavy atom. The summed E-state index contributed by atoms with van der Waals surface area (Å²) in [6, 6.07) is 8.66. The van der Waals surface area contributed by atoms with Gasteiger partial charge < -0.3 is 10.1 Å². The molecule has 0 aliphatic heterocycles. The van der Waals surface area contributed by atoms with Gasteiger partial charge in [0.05, 0.1) is 0 Å². The average Bonchev–Trinajstić information content (AvgIpc) is 2.92. The Morgan fingerprint density at radius 2 is 2.00 bits per heavy atom. The van der Waals surface area contributed by atoms with Crippen molar-refractivity contribution in [3.05, 3.63) is 42.0 Å². The highest BCUT2D eigenvalue weighted by Crippen LogP contribution is 2.14. The van der Waals surface area contributed by atoms with E-state index in [-0.39, 0.29) is 0 Å². The molecule has 0 saturated carbocycles. The maximum absolute atomic E-state index is 5.77. The van der Waals surface area contributed by atoms with Crippen LogP contribution in [0.15, 0.2) is 30.6 Å². The van der Waals surface area contributed by atoms with Gasteiger partial charge in [0.15, 0.2) is 5.82 Å². The van der Waals surface area contributed by atoms with Crippen molar-refractivity contribution in [2.75, 3.05) is 0 Å². The van der Waals surface area contributed by atoms with Gasteiger partial charge in [0.1, 0.15) is 18.7 Å². The summed E-state index contributed by atoms with van der Waals surface area (Å²) in [6.45, 7) is 8.61. The van der Waals surface area contributed by atoms with Crippen LogP contribution in [0.4, 0.5) is 0 Å². The molecule has 114 valence electrons.